The maximum Gasteiger partial charge on any atom is 0.412 e. The molecule has 160 valence electrons. The molecule has 0 saturated heterocycles. The molecule has 0 aliphatic heterocycles. The Bertz CT molecular complexity index is 1340. The van der Waals surface area contributed by atoms with E-state index in [1.807, 2.05) is 55.5 Å². The minimum atomic E-state index is -0.589. The summed E-state index contributed by atoms with van der Waals surface area (Å²) < 4.78 is 11.9. The summed E-state index contributed by atoms with van der Waals surface area (Å²) in [6, 6.07) is 15.5. The first-order valence-electron chi connectivity index (χ1n) is 10.5. The van der Waals surface area contributed by atoms with Gasteiger partial charge in [-0.1, -0.05) is 41.4 Å². The summed E-state index contributed by atoms with van der Waals surface area (Å²) in [6.45, 7) is 3.56. The fraction of sp³-hybridized carbons (Fsp3) is 0.240. The average molecular weight is 444 g/mol. The van der Waals surface area contributed by atoms with E-state index in [0.717, 1.165) is 21.3 Å². The summed E-state index contributed by atoms with van der Waals surface area (Å²) in [7, 11) is 0. The molecule has 1 atom stereocenters. The van der Waals surface area contributed by atoms with Crippen molar-refractivity contribution >= 4 is 33.3 Å². The van der Waals surface area contributed by atoms with Crippen LogP contribution in [0.3, 0.4) is 0 Å². The third-order valence-electron chi connectivity index (χ3n) is 5.29. The minimum absolute atomic E-state index is 0.287. The first-order chi connectivity index (χ1) is 15.6. The molecule has 1 aliphatic carbocycles. The normalized spacial score (nSPS) is 13.9. The Hall–Kier alpha value is -3.63. The van der Waals surface area contributed by atoms with E-state index >= 15 is 0 Å². The van der Waals surface area contributed by atoms with Crippen LogP contribution in [-0.2, 0) is 4.74 Å². The number of benzene rings is 2. The molecule has 1 fully saturated rings. The van der Waals surface area contributed by atoms with Gasteiger partial charge in [-0.2, -0.15) is 0 Å². The van der Waals surface area contributed by atoms with Crippen molar-refractivity contribution < 1.29 is 14.1 Å². The fourth-order valence-electron chi connectivity index (χ4n) is 3.34. The highest BCUT2D eigenvalue weighted by molar-refractivity contribution is 7.18. The smallest absolute Gasteiger partial charge is 0.412 e. The number of rotatable bonds is 4. The first-order valence-corrected chi connectivity index (χ1v) is 11.3. The Kier molecular flexibility index (Phi) is 5.38. The van der Waals surface area contributed by atoms with E-state index in [1.165, 1.54) is 17.8 Å². The minimum Gasteiger partial charge on any atom is -0.441 e. The molecule has 1 saturated carbocycles. The molecule has 6 nitrogen and oxygen atoms in total. The zero-order chi connectivity index (χ0) is 22.1. The number of anilines is 1. The monoisotopic (exact) mass is 443 g/mol. The van der Waals surface area contributed by atoms with E-state index in [9.17, 15) is 4.79 Å². The van der Waals surface area contributed by atoms with E-state index in [0.29, 0.717) is 17.3 Å². The second kappa shape index (κ2) is 8.48. The number of fused-ring (bicyclic) bond motifs is 1. The van der Waals surface area contributed by atoms with Gasteiger partial charge >= 0.3 is 6.09 Å². The van der Waals surface area contributed by atoms with Gasteiger partial charge in [0.05, 0.1) is 15.2 Å². The van der Waals surface area contributed by atoms with Crippen molar-refractivity contribution in [3.8, 4) is 11.8 Å². The fourth-order valence-corrected chi connectivity index (χ4v) is 4.52. The largest absolute Gasteiger partial charge is 0.441 e. The van der Waals surface area contributed by atoms with Crippen LogP contribution in [0.4, 0.5) is 10.5 Å². The molecule has 1 aliphatic rings. The van der Waals surface area contributed by atoms with Crippen molar-refractivity contribution in [1.29, 1.82) is 0 Å². The lowest BCUT2D eigenvalue weighted by atomic mass is 10.1. The van der Waals surface area contributed by atoms with Gasteiger partial charge in [0.1, 0.15) is 17.5 Å². The summed E-state index contributed by atoms with van der Waals surface area (Å²) in [5, 5.41) is 7.88. The van der Waals surface area contributed by atoms with Gasteiger partial charge < -0.3 is 9.26 Å². The van der Waals surface area contributed by atoms with Gasteiger partial charge in [0.2, 0.25) is 5.76 Å². The van der Waals surface area contributed by atoms with Crippen molar-refractivity contribution in [2.24, 2.45) is 0 Å². The highest BCUT2D eigenvalue weighted by atomic mass is 32.1. The summed E-state index contributed by atoms with van der Waals surface area (Å²) >= 11 is 1.73. The second-order valence-electron chi connectivity index (χ2n) is 7.81. The highest BCUT2D eigenvalue weighted by Gasteiger charge is 2.27. The van der Waals surface area contributed by atoms with Gasteiger partial charge in [0, 0.05) is 11.5 Å². The second-order valence-corrected chi connectivity index (χ2v) is 8.88. The van der Waals surface area contributed by atoms with Gasteiger partial charge in [0.25, 0.3) is 0 Å². The molecular formula is C25H21N3O3S. The maximum atomic E-state index is 12.4. The van der Waals surface area contributed by atoms with Gasteiger partial charge in [0.15, 0.2) is 0 Å². The molecule has 4 aromatic rings. The summed E-state index contributed by atoms with van der Waals surface area (Å²) in [5.41, 5.74) is 3.72. The average Bonchev–Trinajstić information content (AvgIpc) is 3.48. The molecular weight excluding hydrogens is 422 g/mol. The number of hydrogen-bond acceptors (Lipinski definition) is 6. The van der Waals surface area contributed by atoms with Crippen molar-refractivity contribution in [3.05, 3.63) is 76.1 Å². The quantitative estimate of drug-likeness (QED) is 0.381. The molecule has 32 heavy (non-hydrogen) atoms. The number of ether oxygens (including phenoxy) is 1. The lowest BCUT2D eigenvalue weighted by Gasteiger charge is -2.13. The Labute approximate surface area is 189 Å². The van der Waals surface area contributed by atoms with Gasteiger partial charge in [-0.15, -0.1) is 11.3 Å². The predicted molar refractivity (Wildman–Crippen MR) is 124 cm³/mol. The van der Waals surface area contributed by atoms with Crippen LogP contribution in [0.25, 0.3) is 10.2 Å². The van der Waals surface area contributed by atoms with Gasteiger partial charge in [-0.25, -0.2) is 9.78 Å². The van der Waals surface area contributed by atoms with Crippen LogP contribution in [0.5, 0.6) is 0 Å². The highest BCUT2D eigenvalue weighted by Crippen LogP contribution is 2.43. The van der Waals surface area contributed by atoms with E-state index in [-0.39, 0.29) is 5.76 Å². The van der Waals surface area contributed by atoms with Crippen molar-refractivity contribution in [1.82, 2.24) is 10.1 Å². The first kappa shape index (κ1) is 20.3. The summed E-state index contributed by atoms with van der Waals surface area (Å²) in [4.78, 5) is 17.1. The molecule has 7 heteroatoms. The van der Waals surface area contributed by atoms with Gasteiger partial charge in [-0.3, -0.25) is 5.32 Å². The zero-order valence-corrected chi connectivity index (χ0v) is 18.5. The number of aryl methyl sites for hydroxylation is 1. The van der Waals surface area contributed by atoms with E-state index < -0.39 is 12.2 Å². The number of hydrogen-bond donors (Lipinski definition) is 1. The van der Waals surface area contributed by atoms with Crippen LogP contribution < -0.4 is 5.32 Å². The molecule has 1 amide bonds. The molecule has 2 aromatic heterocycles. The van der Waals surface area contributed by atoms with E-state index in [1.54, 1.807) is 18.3 Å². The summed E-state index contributed by atoms with van der Waals surface area (Å²) in [6.07, 6.45) is 1.49. The molecule has 0 radical (unpaired) electrons. The Morgan fingerprint density at radius 1 is 1.22 bits per heavy atom. The summed E-state index contributed by atoms with van der Waals surface area (Å²) in [5.74, 6) is 7.01. The van der Waals surface area contributed by atoms with Crippen LogP contribution >= 0.6 is 11.3 Å². The third kappa shape index (κ3) is 4.36. The Morgan fingerprint density at radius 2 is 2.03 bits per heavy atom. The lowest BCUT2D eigenvalue weighted by Crippen LogP contribution is -2.16. The van der Waals surface area contributed by atoms with Crippen molar-refractivity contribution in [2.45, 2.75) is 38.7 Å². The van der Waals surface area contributed by atoms with E-state index in [2.05, 4.69) is 22.3 Å². The molecule has 2 heterocycles. The molecule has 0 spiro atoms. The van der Waals surface area contributed by atoms with Crippen LogP contribution in [-0.4, -0.2) is 16.2 Å². The lowest BCUT2D eigenvalue weighted by molar-refractivity contribution is 0.121. The number of nitrogens with zero attached hydrogens (tertiary/aromatic N) is 2. The number of nitrogens with one attached hydrogen (secondary N) is 1. The van der Waals surface area contributed by atoms with Crippen LogP contribution in [0.1, 0.15) is 59.4 Å². The molecule has 2 aromatic carbocycles. The molecule has 0 bridgehead atoms. The number of thiazole rings is 1. The standard InChI is InChI=1S/C25H21N3O3S/c1-15-23(27-25(29)30-16(2)18-6-4-3-5-7-18)21(31-28-15)13-9-17-8-12-20-22(14-17)32-24(26-20)19-10-11-19/h3-8,12,14,16,19H,10-11H2,1-2H3,(H,27,29). The predicted octanol–water partition coefficient (Wildman–Crippen LogP) is 6.18. The zero-order valence-electron chi connectivity index (χ0n) is 17.7. The van der Waals surface area contributed by atoms with Crippen LogP contribution in [0.2, 0.25) is 0 Å². The maximum absolute atomic E-state index is 12.4. The van der Waals surface area contributed by atoms with Crippen molar-refractivity contribution in [2.75, 3.05) is 5.32 Å². The number of amides is 1. The molecule has 5 rings (SSSR count). The van der Waals surface area contributed by atoms with E-state index in [4.69, 9.17) is 14.2 Å². The number of carbonyl (C=O) groups excluding carboxylic acids is 1. The molecule has 1 unspecified atom stereocenters. The van der Waals surface area contributed by atoms with Crippen molar-refractivity contribution in [3.63, 3.8) is 0 Å². The number of carbonyl (C=O) groups is 1. The Balaban J connectivity index is 1.31. The number of aromatic nitrogens is 2. The van der Waals surface area contributed by atoms with Crippen LogP contribution in [0.15, 0.2) is 53.1 Å². The Morgan fingerprint density at radius 3 is 2.81 bits per heavy atom. The molecule has 1 N–H and O–H groups in total. The van der Waals surface area contributed by atoms with Crippen LogP contribution in [0, 0.1) is 18.8 Å². The SMILES string of the molecule is Cc1noc(C#Cc2ccc3nc(C4CC4)sc3c2)c1NC(=O)OC(C)c1ccccc1. The third-order valence-corrected chi connectivity index (χ3v) is 6.48. The topological polar surface area (TPSA) is 77.3 Å². The van der Waals surface area contributed by atoms with Gasteiger partial charge in [-0.05, 0) is 56.4 Å².